The average molecular weight is 307 g/mol. The number of nitrogens with one attached hydrogen (secondary N) is 1. The van der Waals surface area contributed by atoms with Gasteiger partial charge in [0, 0.05) is 36.2 Å². The van der Waals surface area contributed by atoms with Crippen molar-refractivity contribution in [2.45, 2.75) is 64.1 Å². The fraction of sp³-hybridized carbons (Fsp3) is 0.667. The quantitative estimate of drug-likeness (QED) is 0.883. The van der Waals surface area contributed by atoms with Crippen LogP contribution in [0.15, 0.2) is 18.2 Å². The summed E-state index contributed by atoms with van der Waals surface area (Å²) in [5, 5.41) is 4.63. The molecule has 21 heavy (non-hydrogen) atoms. The molecular formula is C18H27ClN2. The molecule has 3 heteroatoms. The van der Waals surface area contributed by atoms with Crippen molar-refractivity contribution in [3.8, 4) is 0 Å². The number of rotatable bonds is 2. The third kappa shape index (κ3) is 3.28. The van der Waals surface area contributed by atoms with Crippen LogP contribution in [0.1, 0.15) is 50.2 Å². The monoisotopic (exact) mass is 306 g/mol. The Kier molecular flexibility index (Phi) is 4.58. The molecule has 116 valence electrons. The van der Waals surface area contributed by atoms with E-state index in [1.165, 1.54) is 43.2 Å². The number of aryl methyl sites for hydroxylation is 1. The topological polar surface area (TPSA) is 15.3 Å². The van der Waals surface area contributed by atoms with E-state index >= 15 is 0 Å². The zero-order valence-corrected chi connectivity index (χ0v) is 14.0. The average Bonchev–Trinajstić information content (AvgIpc) is 2.47. The van der Waals surface area contributed by atoms with Gasteiger partial charge in [0.2, 0.25) is 0 Å². The standard InChI is InChI=1S/C18H27ClN2/c1-14-6-7-16(17(19)10-14)12-21-11-15(2)20-13-18(21)8-4-3-5-9-18/h6-7,10,15,20H,3-5,8-9,11-13H2,1-2H3. The Bertz CT molecular complexity index is 494. The summed E-state index contributed by atoms with van der Waals surface area (Å²) in [5.74, 6) is 0. The highest BCUT2D eigenvalue weighted by Crippen LogP contribution is 2.37. The van der Waals surface area contributed by atoms with Crippen LogP contribution >= 0.6 is 11.6 Å². The van der Waals surface area contributed by atoms with Crippen LogP contribution in [0.25, 0.3) is 0 Å². The van der Waals surface area contributed by atoms with E-state index in [4.69, 9.17) is 11.6 Å². The Balaban J connectivity index is 1.82. The molecular weight excluding hydrogens is 280 g/mol. The minimum atomic E-state index is 0.360. The SMILES string of the molecule is Cc1ccc(CN2CC(C)NCC23CCCCC3)c(Cl)c1. The lowest BCUT2D eigenvalue weighted by Gasteiger charge is -2.51. The first-order valence-electron chi connectivity index (χ1n) is 8.33. The molecule has 0 bridgehead atoms. The predicted octanol–water partition coefficient (Wildman–Crippen LogP) is 4.15. The van der Waals surface area contributed by atoms with E-state index in [-0.39, 0.29) is 0 Å². The second-order valence-electron chi connectivity index (χ2n) is 7.04. The Morgan fingerprint density at radius 3 is 2.76 bits per heavy atom. The highest BCUT2D eigenvalue weighted by atomic mass is 35.5. The van der Waals surface area contributed by atoms with Gasteiger partial charge in [-0.3, -0.25) is 4.90 Å². The second-order valence-corrected chi connectivity index (χ2v) is 7.45. The summed E-state index contributed by atoms with van der Waals surface area (Å²) in [5.41, 5.74) is 2.88. The lowest BCUT2D eigenvalue weighted by molar-refractivity contribution is 0.00619. The molecule has 2 fully saturated rings. The van der Waals surface area contributed by atoms with Gasteiger partial charge in [0.25, 0.3) is 0 Å². The smallest absolute Gasteiger partial charge is 0.0453 e. The van der Waals surface area contributed by atoms with Crippen molar-refractivity contribution in [3.05, 3.63) is 34.3 Å². The van der Waals surface area contributed by atoms with Gasteiger partial charge in [0.05, 0.1) is 0 Å². The van der Waals surface area contributed by atoms with E-state index in [2.05, 4.69) is 42.3 Å². The number of benzene rings is 1. The zero-order valence-electron chi connectivity index (χ0n) is 13.3. The number of halogens is 1. The number of piperazine rings is 1. The van der Waals surface area contributed by atoms with Gasteiger partial charge in [-0.15, -0.1) is 0 Å². The van der Waals surface area contributed by atoms with Crippen molar-refractivity contribution in [2.75, 3.05) is 13.1 Å². The molecule has 1 spiro atoms. The highest BCUT2D eigenvalue weighted by molar-refractivity contribution is 6.31. The first-order chi connectivity index (χ1) is 10.1. The molecule has 2 nitrogen and oxygen atoms in total. The molecule has 1 saturated heterocycles. The van der Waals surface area contributed by atoms with Gasteiger partial charge < -0.3 is 5.32 Å². The first-order valence-corrected chi connectivity index (χ1v) is 8.70. The van der Waals surface area contributed by atoms with Crippen LogP contribution in [-0.4, -0.2) is 29.6 Å². The van der Waals surface area contributed by atoms with Crippen molar-refractivity contribution < 1.29 is 0 Å². The zero-order chi connectivity index (χ0) is 14.9. The minimum Gasteiger partial charge on any atom is -0.311 e. The Morgan fingerprint density at radius 2 is 2.05 bits per heavy atom. The lowest BCUT2D eigenvalue weighted by atomic mass is 9.78. The van der Waals surface area contributed by atoms with Crippen LogP contribution in [0, 0.1) is 6.92 Å². The number of hydrogen-bond acceptors (Lipinski definition) is 2. The van der Waals surface area contributed by atoms with E-state index in [0.29, 0.717) is 11.6 Å². The fourth-order valence-electron chi connectivity index (χ4n) is 3.99. The Hall–Kier alpha value is -0.570. The molecule has 1 heterocycles. The molecule has 1 aliphatic carbocycles. The highest BCUT2D eigenvalue weighted by Gasteiger charge is 2.41. The predicted molar refractivity (Wildman–Crippen MR) is 89.9 cm³/mol. The molecule has 1 saturated carbocycles. The van der Waals surface area contributed by atoms with Gasteiger partial charge in [0.15, 0.2) is 0 Å². The van der Waals surface area contributed by atoms with Crippen molar-refractivity contribution in [1.29, 1.82) is 0 Å². The summed E-state index contributed by atoms with van der Waals surface area (Å²) in [6.07, 6.45) is 6.80. The Morgan fingerprint density at radius 1 is 1.29 bits per heavy atom. The van der Waals surface area contributed by atoms with Crippen molar-refractivity contribution in [3.63, 3.8) is 0 Å². The molecule has 0 amide bonds. The summed E-state index contributed by atoms with van der Waals surface area (Å²) in [7, 11) is 0. The van der Waals surface area contributed by atoms with E-state index in [0.717, 1.165) is 24.7 Å². The summed E-state index contributed by atoms with van der Waals surface area (Å²) in [6, 6.07) is 7.05. The Labute approximate surface area is 133 Å². The van der Waals surface area contributed by atoms with Crippen molar-refractivity contribution in [1.82, 2.24) is 10.2 Å². The van der Waals surface area contributed by atoms with Gasteiger partial charge in [0.1, 0.15) is 0 Å². The van der Waals surface area contributed by atoms with E-state index in [9.17, 15) is 0 Å². The molecule has 1 aliphatic heterocycles. The van der Waals surface area contributed by atoms with Crippen LogP contribution < -0.4 is 5.32 Å². The molecule has 2 aliphatic rings. The van der Waals surface area contributed by atoms with Gasteiger partial charge in [-0.05, 0) is 43.9 Å². The summed E-state index contributed by atoms with van der Waals surface area (Å²) >= 11 is 6.47. The maximum atomic E-state index is 6.47. The van der Waals surface area contributed by atoms with Crippen molar-refractivity contribution >= 4 is 11.6 Å². The summed E-state index contributed by atoms with van der Waals surface area (Å²) in [6.45, 7) is 7.65. The molecule has 1 aromatic rings. The van der Waals surface area contributed by atoms with E-state index in [1.54, 1.807) is 0 Å². The normalized spacial score (nSPS) is 26.1. The second kappa shape index (κ2) is 6.28. The first kappa shape index (κ1) is 15.3. The molecule has 1 atom stereocenters. The molecule has 3 rings (SSSR count). The number of hydrogen-bond donors (Lipinski definition) is 1. The summed E-state index contributed by atoms with van der Waals surface area (Å²) in [4.78, 5) is 2.71. The third-order valence-electron chi connectivity index (χ3n) is 5.30. The maximum Gasteiger partial charge on any atom is 0.0453 e. The molecule has 0 radical (unpaired) electrons. The molecule has 1 aromatic carbocycles. The molecule has 0 aromatic heterocycles. The molecule has 1 unspecified atom stereocenters. The van der Waals surface area contributed by atoms with Crippen LogP contribution in [0.3, 0.4) is 0 Å². The van der Waals surface area contributed by atoms with Crippen LogP contribution in [0.2, 0.25) is 5.02 Å². The van der Waals surface area contributed by atoms with Gasteiger partial charge in [-0.1, -0.05) is 43.0 Å². The fourth-order valence-corrected chi connectivity index (χ4v) is 4.28. The van der Waals surface area contributed by atoms with Crippen molar-refractivity contribution in [2.24, 2.45) is 0 Å². The third-order valence-corrected chi connectivity index (χ3v) is 5.65. The van der Waals surface area contributed by atoms with Crippen LogP contribution in [0.5, 0.6) is 0 Å². The minimum absolute atomic E-state index is 0.360. The maximum absolute atomic E-state index is 6.47. The van der Waals surface area contributed by atoms with Crippen LogP contribution in [-0.2, 0) is 6.54 Å². The van der Waals surface area contributed by atoms with Gasteiger partial charge >= 0.3 is 0 Å². The number of nitrogens with zero attached hydrogens (tertiary/aromatic N) is 1. The largest absolute Gasteiger partial charge is 0.311 e. The summed E-state index contributed by atoms with van der Waals surface area (Å²) < 4.78 is 0. The molecule has 1 N–H and O–H groups in total. The van der Waals surface area contributed by atoms with E-state index in [1.807, 2.05) is 0 Å². The van der Waals surface area contributed by atoms with Crippen LogP contribution in [0.4, 0.5) is 0 Å². The van der Waals surface area contributed by atoms with Gasteiger partial charge in [-0.25, -0.2) is 0 Å². The lowest BCUT2D eigenvalue weighted by Crippen LogP contribution is -2.64. The van der Waals surface area contributed by atoms with E-state index < -0.39 is 0 Å². The van der Waals surface area contributed by atoms with Gasteiger partial charge in [-0.2, -0.15) is 0 Å².